The van der Waals surface area contributed by atoms with Crippen LogP contribution in [0.1, 0.15) is 41.8 Å². The number of urea groups is 1. The molecule has 0 aliphatic carbocycles. The van der Waals surface area contributed by atoms with Gasteiger partial charge in [-0.3, -0.25) is 5.10 Å². The fourth-order valence-corrected chi connectivity index (χ4v) is 5.22. The number of fused-ring (bicyclic) bond motifs is 2. The van der Waals surface area contributed by atoms with Crippen molar-refractivity contribution in [2.45, 2.75) is 32.2 Å². The molecule has 1 saturated heterocycles. The number of H-pyrrole nitrogens is 1. The summed E-state index contributed by atoms with van der Waals surface area (Å²) in [6, 6.07) is 11.7. The van der Waals surface area contributed by atoms with Gasteiger partial charge in [0.2, 0.25) is 0 Å². The number of carbonyl (C=O) groups is 1. The zero-order valence-electron chi connectivity index (χ0n) is 20.7. The first-order chi connectivity index (χ1) is 17.6. The lowest BCUT2D eigenvalue weighted by Crippen LogP contribution is -2.51. The maximum absolute atomic E-state index is 13.6. The van der Waals surface area contributed by atoms with Gasteiger partial charge in [0.25, 0.3) is 0 Å². The molecule has 1 fully saturated rings. The first kappa shape index (κ1) is 23.9. The molecule has 9 heteroatoms. The van der Waals surface area contributed by atoms with E-state index in [1.807, 2.05) is 41.0 Å². The molecular weight excluding hydrogens is 458 g/mol. The Hall–Kier alpha value is -3.77. The molecule has 0 radical (unpaired) electrons. The second-order valence-electron chi connectivity index (χ2n) is 9.06. The molecular formula is C27H31N5O4. The van der Waals surface area contributed by atoms with Crippen molar-refractivity contribution in [1.29, 1.82) is 5.26 Å². The summed E-state index contributed by atoms with van der Waals surface area (Å²) < 4.78 is 16.9. The molecule has 0 spiro atoms. The lowest BCUT2D eigenvalue weighted by molar-refractivity contribution is 0.0376. The fourth-order valence-electron chi connectivity index (χ4n) is 5.22. The van der Waals surface area contributed by atoms with E-state index in [1.165, 1.54) is 5.56 Å². The van der Waals surface area contributed by atoms with Crippen molar-refractivity contribution in [3.63, 3.8) is 0 Å². The van der Waals surface area contributed by atoms with Gasteiger partial charge < -0.3 is 24.0 Å². The van der Waals surface area contributed by atoms with Crippen LogP contribution in [0.5, 0.6) is 11.5 Å². The summed E-state index contributed by atoms with van der Waals surface area (Å²) in [5.74, 6) is 1.40. The number of carbonyl (C=O) groups excluding carboxylic acids is 1. The van der Waals surface area contributed by atoms with Gasteiger partial charge in [0.15, 0.2) is 11.5 Å². The molecule has 2 amide bonds. The highest BCUT2D eigenvalue weighted by molar-refractivity contribution is 5.82. The van der Waals surface area contributed by atoms with Gasteiger partial charge in [-0.1, -0.05) is 0 Å². The van der Waals surface area contributed by atoms with Gasteiger partial charge >= 0.3 is 6.03 Å². The van der Waals surface area contributed by atoms with E-state index in [-0.39, 0.29) is 12.1 Å². The molecule has 2 aliphatic heterocycles. The van der Waals surface area contributed by atoms with E-state index in [4.69, 9.17) is 14.2 Å². The van der Waals surface area contributed by atoms with Gasteiger partial charge in [0.1, 0.15) is 0 Å². The highest BCUT2D eigenvalue weighted by atomic mass is 16.5. The van der Waals surface area contributed by atoms with Crippen LogP contribution in [0.4, 0.5) is 4.79 Å². The Morgan fingerprint density at radius 1 is 1.22 bits per heavy atom. The van der Waals surface area contributed by atoms with E-state index in [2.05, 4.69) is 16.3 Å². The van der Waals surface area contributed by atoms with Crippen molar-refractivity contribution in [2.24, 2.45) is 0 Å². The van der Waals surface area contributed by atoms with Crippen LogP contribution < -0.4 is 9.47 Å². The Bertz CT molecular complexity index is 1290. The van der Waals surface area contributed by atoms with Crippen molar-refractivity contribution < 1.29 is 19.0 Å². The van der Waals surface area contributed by atoms with Crippen molar-refractivity contribution >= 4 is 16.9 Å². The molecule has 1 aromatic heterocycles. The molecule has 2 aliphatic rings. The van der Waals surface area contributed by atoms with Crippen molar-refractivity contribution in [3.8, 4) is 17.6 Å². The number of hydrogen-bond acceptors (Lipinski definition) is 6. The largest absolute Gasteiger partial charge is 0.493 e. The highest BCUT2D eigenvalue weighted by Crippen LogP contribution is 2.40. The first-order valence-corrected chi connectivity index (χ1v) is 12.5. The average molecular weight is 490 g/mol. The Labute approximate surface area is 210 Å². The number of hydrogen-bond donors (Lipinski definition) is 1. The molecule has 2 aromatic carbocycles. The third-order valence-corrected chi connectivity index (χ3v) is 7.04. The minimum atomic E-state index is -0.139. The monoisotopic (exact) mass is 489 g/mol. The maximum Gasteiger partial charge on any atom is 0.320 e. The molecule has 188 valence electrons. The minimum absolute atomic E-state index is 0.0429. The number of nitriles is 1. The smallest absolute Gasteiger partial charge is 0.320 e. The molecule has 5 rings (SSSR count). The van der Waals surface area contributed by atoms with Crippen LogP contribution in [0.3, 0.4) is 0 Å². The van der Waals surface area contributed by atoms with Crippen molar-refractivity contribution in [3.05, 3.63) is 52.7 Å². The number of benzene rings is 2. The van der Waals surface area contributed by atoms with E-state index in [0.29, 0.717) is 69.4 Å². The third kappa shape index (κ3) is 4.56. The van der Waals surface area contributed by atoms with Crippen LogP contribution in [0.15, 0.2) is 30.3 Å². The Morgan fingerprint density at radius 3 is 2.81 bits per heavy atom. The molecule has 36 heavy (non-hydrogen) atoms. The standard InChI is InChI=1S/C27H31N5O4/c1-3-36-26-16-20-19(15-25(26)34-2)8-9-32(27(33)31-10-12-35-13-11-31)24(20)7-6-23-21-14-18(17-28)4-5-22(21)29-30-23/h4-5,14-16,24H,3,6-13H2,1-2H3,(H,29,30). The number of aromatic amines is 1. The molecule has 0 saturated carbocycles. The zero-order valence-corrected chi connectivity index (χ0v) is 20.7. The van der Waals surface area contributed by atoms with Crippen LogP contribution in [-0.4, -0.2) is 72.6 Å². The Balaban J connectivity index is 1.49. The van der Waals surface area contributed by atoms with E-state index in [1.54, 1.807) is 13.2 Å². The normalized spacial score (nSPS) is 17.5. The van der Waals surface area contributed by atoms with Crippen LogP contribution in [0.2, 0.25) is 0 Å². The van der Waals surface area contributed by atoms with Gasteiger partial charge in [0, 0.05) is 25.0 Å². The molecule has 9 nitrogen and oxygen atoms in total. The topological polar surface area (TPSA) is 104 Å². The number of ether oxygens (including phenoxy) is 3. The van der Waals surface area contributed by atoms with Gasteiger partial charge in [-0.05, 0) is 67.6 Å². The molecule has 0 bridgehead atoms. The summed E-state index contributed by atoms with van der Waals surface area (Å²) in [5, 5.41) is 17.9. The minimum Gasteiger partial charge on any atom is -0.493 e. The predicted octanol–water partition coefficient (Wildman–Crippen LogP) is 3.83. The van der Waals surface area contributed by atoms with Crippen LogP contribution in [0, 0.1) is 11.3 Å². The maximum atomic E-state index is 13.6. The first-order valence-electron chi connectivity index (χ1n) is 12.5. The van der Waals surface area contributed by atoms with E-state index in [9.17, 15) is 10.1 Å². The second-order valence-corrected chi connectivity index (χ2v) is 9.06. The summed E-state index contributed by atoms with van der Waals surface area (Å²) >= 11 is 0. The number of nitrogens with zero attached hydrogens (tertiary/aromatic N) is 4. The third-order valence-electron chi connectivity index (χ3n) is 7.04. The SMILES string of the molecule is CCOc1cc2c(cc1OC)CCN(C(=O)N1CCOCC1)C2CCc1n[nH]c2ccc(C#N)cc12. The fraction of sp³-hybridized carbons (Fsp3) is 0.444. The summed E-state index contributed by atoms with van der Waals surface area (Å²) in [4.78, 5) is 17.5. The average Bonchev–Trinajstić information content (AvgIpc) is 3.33. The second kappa shape index (κ2) is 10.5. The number of methoxy groups -OCH3 is 1. The number of nitrogens with one attached hydrogen (secondary N) is 1. The van der Waals surface area contributed by atoms with Crippen molar-refractivity contribution in [2.75, 3.05) is 46.6 Å². The van der Waals surface area contributed by atoms with Crippen LogP contribution >= 0.6 is 0 Å². The summed E-state index contributed by atoms with van der Waals surface area (Å²) in [6.45, 7) is 5.43. The van der Waals surface area contributed by atoms with Gasteiger partial charge in [0.05, 0.1) is 55.8 Å². The van der Waals surface area contributed by atoms with Crippen molar-refractivity contribution in [1.82, 2.24) is 20.0 Å². The predicted molar refractivity (Wildman–Crippen MR) is 134 cm³/mol. The van der Waals surface area contributed by atoms with Crippen LogP contribution in [-0.2, 0) is 17.6 Å². The van der Waals surface area contributed by atoms with Gasteiger partial charge in [-0.15, -0.1) is 0 Å². The number of rotatable bonds is 6. The zero-order chi connectivity index (χ0) is 25.1. The number of morpholine rings is 1. The van der Waals surface area contributed by atoms with Gasteiger partial charge in [-0.2, -0.15) is 10.4 Å². The Kier molecular flexibility index (Phi) is 6.96. The Morgan fingerprint density at radius 2 is 2.06 bits per heavy atom. The molecule has 1 atom stereocenters. The molecule has 1 N–H and O–H groups in total. The summed E-state index contributed by atoms with van der Waals surface area (Å²) in [7, 11) is 1.65. The number of aryl methyl sites for hydroxylation is 1. The van der Waals surface area contributed by atoms with Crippen LogP contribution in [0.25, 0.3) is 10.9 Å². The number of amides is 2. The van der Waals surface area contributed by atoms with E-state index in [0.717, 1.165) is 28.6 Å². The summed E-state index contributed by atoms with van der Waals surface area (Å²) in [5.41, 5.74) is 4.66. The molecule has 3 aromatic rings. The number of aromatic nitrogens is 2. The quantitative estimate of drug-likeness (QED) is 0.565. The summed E-state index contributed by atoms with van der Waals surface area (Å²) in [6.07, 6.45) is 2.10. The molecule has 3 heterocycles. The molecule has 1 unspecified atom stereocenters. The van der Waals surface area contributed by atoms with Gasteiger partial charge in [-0.25, -0.2) is 4.79 Å². The lowest BCUT2D eigenvalue weighted by Gasteiger charge is -2.41. The van der Waals surface area contributed by atoms with E-state index < -0.39 is 0 Å². The highest BCUT2D eigenvalue weighted by Gasteiger charge is 2.35. The lowest BCUT2D eigenvalue weighted by atomic mass is 9.88. The van der Waals surface area contributed by atoms with E-state index >= 15 is 0 Å².